The molecule has 128 valence electrons. The van der Waals surface area contributed by atoms with Gasteiger partial charge in [0.1, 0.15) is 5.01 Å². The third-order valence-electron chi connectivity index (χ3n) is 4.83. The molecule has 0 unspecified atom stereocenters. The first kappa shape index (κ1) is 15.3. The summed E-state index contributed by atoms with van der Waals surface area (Å²) in [4.78, 5) is 18.3. The number of benzene rings is 1. The molecule has 0 bridgehead atoms. The predicted molar refractivity (Wildman–Crippen MR) is 102 cm³/mol. The summed E-state index contributed by atoms with van der Waals surface area (Å²) in [5.41, 5.74) is 6.59. The highest BCUT2D eigenvalue weighted by Gasteiger charge is 2.21. The van der Waals surface area contributed by atoms with Gasteiger partial charge in [0.25, 0.3) is 0 Å². The van der Waals surface area contributed by atoms with Crippen molar-refractivity contribution in [1.82, 2.24) is 19.5 Å². The van der Waals surface area contributed by atoms with Crippen molar-refractivity contribution in [1.29, 1.82) is 0 Å². The SMILES string of the molecule is CC(=O)N1Cc2ccc(-c3csc(-c4cnn5ccccc45)n3)cc2C1. The molecule has 5 nitrogen and oxygen atoms in total. The van der Waals surface area contributed by atoms with E-state index in [4.69, 9.17) is 4.98 Å². The smallest absolute Gasteiger partial charge is 0.220 e. The molecule has 0 saturated carbocycles. The Hall–Kier alpha value is -2.99. The van der Waals surface area contributed by atoms with Crippen molar-refractivity contribution in [2.75, 3.05) is 0 Å². The molecule has 0 atom stereocenters. The maximum atomic E-state index is 11.6. The summed E-state index contributed by atoms with van der Waals surface area (Å²) >= 11 is 1.63. The van der Waals surface area contributed by atoms with Crippen LogP contribution in [0.5, 0.6) is 0 Å². The van der Waals surface area contributed by atoms with Gasteiger partial charge >= 0.3 is 0 Å². The Morgan fingerprint density at radius 2 is 2.04 bits per heavy atom. The fourth-order valence-corrected chi connectivity index (χ4v) is 4.25. The normalized spacial score (nSPS) is 13.3. The van der Waals surface area contributed by atoms with Crippen LogP contribution in [-0.2, 0) is 17.9 Å². The van der Waals surface area contributed by atoms with Gasteiger partial charge in [0.05, 0.1) is 23.0 Å². The monoisotopic (exact) mass is 360 g/mol. The van der Waals surface area contributed by atoms with Crippen LogP contribution in [-0.4, -0.2) is 25.4 Å². The molecule has 26 heavy (non-hydrogen) atoms. The van der Waals surface area contributed by atoms with Crippen molar-refractivity contribution >= 4 is 22.8 Å². The topological polar surface area (TPSA) is 50.5 Å². The van der Waals surface area contributed by atoms with Crippen molar-refractivity contribution in [3.63, 3.8) is 0 Å². The van der Waals surface area contributed by atoms with E-state index in [1.807, 2.05) is 33.9 Å². The molecule has 1 aromatic carbocycles. The number of hydrogen-bond donors (Lipinski definition) is 0. The van der Waals surface area contributed by atoms with E-state index in [1.54, 1.807) is 18.3 Å². The molecular formula is C20H16N4OS. The standard InChI is InChI=1S/C20H16N4OS/c1-13(25)23-10-15-6-5-14(8-16(15)11-23)18-12-26-20(22-18)17-9-21-24-7-3-2-4-19(17)24/h2-9,12H,10-11H2,1H3. The summed E-state index contributed by atoms with van der Waals surface area (Å²) in [5.74, 6) is 0.117. The van der Waals surface area contributed by atoms with Crippen molar-refractivity contribution in [3.8, 4) is 21.8 Å². The molecule has 0 fully saturated rings. The highest BCUT2D eigenvalue weighted by molar-refractivity contribution is 7.13. The summed E-state index contributed by atoms with van der Waals surface area (Å²) in [5, 5.41) is 7.44. The third-order valence-corrected chi connectivity index (χ3v) is 5.71. The van der Waals surface area contributed by atoms with E-state index < -0.39 is 0 Å². The average molecular weight is 360 g/mol. The highest BCUT2D eigenvalue weighted by atomic mass is 32.1. The first-order valence-electron chi connectivity index (χ1n) is 8.45. The summed E-state index contributed by atoms with van der Waals surface area (Å²) < 4.78 is 1.86. The van der Waals surface area contributed by atoms with Crippen molar-refractivity contribution in [3.05, 3.63) is 65.3 Å². The lowest BCUT2D eigenvalue weighted by atomic mass is 10.1. The zero-order chi connectivity index (χ0) is 17.7. The highest BCUT2D eigenvalue weighted by Crippen LogP contribution is 2.33. The minimum Gasteiger partial charge on any atom is -0.334 e. The molecule has 6 heteroatoms. The molecule has 0 N–H and O–H groups in total. The Bertz CT molecular complexity index is 1140. The minimum absolute atomic E-state index is 0.117. The van der Waals surface area contributed by atoms with Crippen LogP contribution in [0, 0.1) is 0 Å². The van der Waals surface area contributed by atoms with E-state index in [2.05, 4.69) is 34.7 Å². The first-order chi connectivity index (χ1) is 12.7. The summed E-state index contributed by atoms with van der Waals surface area (Å²) in [6, 6.07) is 12.4. The zero-order valence-electron chi connectivity index (χ0n) is 14.2. The Kier molecular flexibility index (Phi) is 3.39. The molecule has 5 rings (SSSR count). The Labute approximate surface area is 154 Å². The quantitative estimate of drug-likeness (QED) is 0.543. The van der Waals surface area contributed by atoms with Crippen LogP contribution >= 0.6 is 11.3 Å². The molecule has 0 radical (unpaired) electrons. The lowest BCUT2D eigenvalue weighted by Crippen LogP contribution is -2.21. The maximum Gasteiger partial charge on any atom is 0.220 e. The summed E-state index contributed by atoms with van der Waals surface area (Å²) in [6.07, 6.45) is 3.81. The van der Waals surface area contributed by atoms with Crippen LogP contribution in [0.3, 0.4) is 0 Å². The van der Waals surface area contributed by atoms with Crippen LogP contribution in [0.1, 0.15) is 18.1 Å². The number of pyridine rings is 1. The summed E-state index contributed by atoms with van der Waals surface area (Å²) in [7, 11) is 0. The van der Waals surface area contributed by atoms with Gasteiger partial charge in [-0.05, 0) is 29.3 Å². The lowest BCUT2D eigenvalue weighted by Gasteiger charge is -2.10. The van der Waals surface area contributed by atoms with Gasteiger partial charge in [0.15, 0.2) is 0 Å². The van der Waals surface area contributed by atoms with Gasteiger partial charge in [0, 0.05) is 37.2 Å². The van der Waals surface area contributed by atoms with Crippen molar-refractivity contribution in [2.45, 2.75) is 20.0 Å². The second-order valence-corrected chi connectivity index (χ2v) is 7.34. The number of thiazole rings is 1. The van der Waals surface area contributed by atoms with E-state index in [0.717, 1.165) is 27.3 Å². The second kappa shape index (κ2) is 5.78. The van der Waals surface area contributed by atoms with E-state index in [-0.39, 0.29) is 5.91 Å². The number of rotatable bonds is 2. The Balaban J connectivity index is 1.50. The predicted octanol–water partition coefficient (Wildman–Crippen LogP) is 3.99. The van der Waals surface area contributed by atoms with Gasteiger partial charge in [-0.3, -0.25) is 4.79 Å². The van der Waals surface area contributed by atoms with Gasteiger partial charge < -0.3 is 4.90 Å². The fraction of sp³-hybridized carbons (Fsp3) is 0.150. The number of hydrogen-bond acceptors (Lipinski definition) is 4. The minimum atomic E-state index is 0.117. The second-order valence-electron chi connectivity index (χ2n) is 6.49. The molecule has 0 saturated heterocycles. The van der Waals surface area contributed by atoms with E-state index >= 15 is 0 Å². The average Bonchev–Trinajstić information content (AvgIpc) is 3.37. The maximum absolute atomic E-state index is 11.6. The molecule has 0 aliphatic carbocycles. The van der Waals surface area contributed by atoms with Gasteiger partial charge in [0.2, 0.25) is 5.91 Å². The molecule has 0 spiro atoms. The lowest BCUT2D eigenvalue weighted by molar-refractivity contribution is -0.129. The first-order valence-corrected chi connectivity index (χ1v) is 9.33. The van der Waals surface area contributed by atoms with Gasteiger partial charge in [-0.1, -0.05) is 18.2 Å². The third kappa shape index (κ3) is 2.42. The number of amides is 1. The number of carbonyl (C=O) groups excluding carboxylic acids is 1. The van der Waals surface area contributed by atoms with Crippen molar-refractivity contribution < 1.29 is 4.79 Å². The molecule has 1 amide bonds. The van der Waals surface area contributed by atoms with Gasteiger partial charge in [-0.25, -0.2) is 9.50 Å². The van der Waals surface area contributed by atoms with Crippen LogP contribution in [0.4, 0.5) is 0 Å². The molecule has 3 aromatic heterocycles. The molecular weight excluding hydrogens is 344 g/mol. The van der Waals surface area contributed by atoms with E-state index in [0.29, 0.717) is 13.1 Å². The Morgan fingerprint density at radius 3 is 2.92 bits per heavy atom. The van der Waals surface area contributed by atoms with Crippen LogP contribution in [0.25, 0.3) is 27.3 Å². The zero-order valence-corrected chi connectivity index (χ0v) is 15.0. The van der Waals surface area contributed by atoms with Crippen molar-refractivity contribution in [2.24, 2.45) is 0 Å². The van der Waals surface area contributed by atoms with Crippen LogP contribution in [0.15, 0.2) is 54.2 Å². The van der Waals surface area contributed by atoms with Gasteiger partial charge in [-0.2, -0.15) is 5.10 Å². The molecule has 4 aromatic rings. The van der Waals surface area contributed by atoms with Crippen LogP contribution < -0.4 is 0 Å². The number of fused-ring (bicyclic) bond motifs is 2. The van der Waals surface area contributed by atoms with E-state index in [9.17, 15) is 4.79 Å². The van der Waals surface area contributed by atoms with Gasteiger partial charge in [-0.15, -0.1) is 11.3 Å². The molecule has 1 aliphatic rings. The Morgan fingerprint density at radius 1 is 1.15 bits per heavy atom. The number of carbonyl (C=O) groups is 1. The number of nitrogens with zero attached hydrogens (tertiary/aromatic N) is 4. The fourth-order valence-electron chi connectivity index (χ4n) is 3.41. The summed E-state index contributed by atoms with van der Waals surface area (Å²) in [6.45, 7) is 3.01. The largest absolute Gasteiger partial charge is 0.334 e. The molecule has 1 aliphatic heterocycles. The van der Waals surface area contributed by atoms with E-state index in [1.165, 1.54) is 11.1 Å². The van der Waals surface area contributed by atoms with Crippen LogP contribution in [0.2, 0.25) is 0 Å². The number of aromatic nitrogens is 3. The molecule has 4 heterocycles.